The minimum Gasteiger partial charge on any atom is -0.495 e. The molecule has 0 spiro atoms. The molecule has 1 heterocycles. The van der Waals surface area contributed by atoms with Crippen LogP contribution in [0.15, 0.2) is 18.2 Å². The number of amides is 1. The third-order valence-corrected chi connectivity index (χ3v) is 2.99. The fourth-order valence-corrected chi connectivity index (χ4v) is 2.01. The number of methoxy groups -OCH3 is 1. The van der Waals surface area contributed by atoms with Gasteiger partial charge >= 0.3 is 0 Å². The number of nitrogens with zero attached hydrogens (tertiary/aromatic N) is 1. The van der Waals surface area contributed by atoms with Gasteiger partial charge in [-0.1, -0.05) is 11.6 Å². The minimum absolute atomic E-state index is 0.0159. The van der Waals surface area contributed by atoms with Gasteiger partial charge in [-0.2, -0.15) is 0 Å². The summed E-state index contributed by atoms with van der Waals surface area (Å²) in [4.78, 5) is 13.9. The quantitative estimate of drug-likeness (QED) is 0.809. The second kappa shape index (κ2) is 5.38. The predicted octanol–water partition coefficient (Wildman–Crippen LogP) is 1.82. The van der Waals surface area contributed by atoms with Crippen molar-refractivity contribution in [2.45, 2.75) is 0 Å². The van der Waals surface area contributed by atoms with Crippen molar-refractivity contribution in [1.82, 2.24) is 4.90 Å². The lowest BCUT2D eigenvalue weighted by molar-refractivity contribution is 0.0303. The average Bonchev–Trinajstić information content (AvgIpc) is 2.39. The van der Waals surface area contributed by atoms with Gasteiger partial charge in [-0.3, -0.25) is 4.79 Å². The van der Waals surface area contributed by atoms with Crippen molar-refractivity contribution in [1.29, 1.82) is 0 Å². The van der Waals surface area contributed by atoms with E-state index in [4.69, 9.17) is 21.1 Å². The van der Waals surface area contributed by atoms with Crippen LogP contribution in [0.1, 0.15) is 10.4 Å². The smallest absolute Gasteiger partial charge is 0.254 e. The molecule has 5 heteroatoms. The number of hydrogen-bond acceptors (Lipinski definition) is 3. The van der Waals surface area contributed by atoms with Crippen LogP contribution < -0.4 is 4.74 Å². The Labute approximate surface area is 105 Å². The van der Waals surface area contributed by atoms with E-state index >= 15 is 0 Å². The van der Waals surface area contributed by atoms with Gasteiger partial charge in [0.2, 0.25) is 0 Å². The SMILES string of the molecule is COc1ccc(C(=O)N2CCOCC2)cc1Cl. The van der Waals surface area contributed by atoms with Gasteiger partial charge in [0.25, 0.3) is 5.91 Å². The molecule has 1 aromatic carbocycles. The first-order valence-corrected chi connectivity index (χ1v) is 5.80. The molecule has 1 aliphatic heterocycles. The Balaban J connectivity index is 2.16. The number of halogens is 1. The molecule has 0 N–H and O–H groups in total. The van der Waals surface area contributed by atoms with Crippen molar-refractivity contribution in [3.8, 4) is 5.75 Å². The molecule has 1 fully saturated rings. The van der Waals surface area contributed by atoms with Gasteiger partial charge in [0, 0.05) is 18.7 Å². The Kier molecular flexibility index (Phi) is 3.86. The first-order valence-electron chi connectivity index (χ1n) is 5.43. The highest BCUT2D eigenvalue weighted by molar-refractivity contribution is 6.32. The van der Waals surface area contributed by atoms with Crippen molar-refractivity contribution in [2.24, 2.45) is 0 Å². The van der Waals surface area contributed by atoms with Crippen LogP contribution in [0.4, 0.5) is 0 Å². The number of morpholine rings is 1. The van der Waals surface area contributed by atoms with Crippen LogP contribution in [0.5, 0.6) is 5.75 Å². The zero-order chi connectivity index (χ0) is 12.3. The normalized spacial score (nSPS) is 15.8. The number of benzene rings is 1. The molecule has 92 valence electrons. The Morgan fingerprint density at radius 1 is 1.41 bits per heavy atom. The summed E-state index contributed by atoms with van der Waals surface area (Å²) in [6.45, 7) is 2.44. The molecular weight excluding hydrogens is 242 g/mol. The molecule has 2 rings (SSSR count). The van der Waals surface area contributed by atoms with Crippen LogP contribution in [0.25, 0.3) is 0 Å². The second-order valence-corrected chi connectivity index (χ2v) is 4.16. The topological polar surface area (TPSA) is 38.8 Å². The molecule has 4 nitrogen and oxygen atoms in total. The van der Waals surface area contributed by atoms with E-state index in [9.17, 15) is 4.79 Å². The summed E-state index contributed by atoms with van der Waals surface area (Å²) in [7, 11) is 1.55. The number of hydrogen-bond donors (Lipinski definition) is 0. The molecule has 0 unspecified atom stereocenters. The molecule has 1 aliphatic rings. The van der Waals surface area contributed by atoms with Crippen molar-refractivity contribution in [3.05, 3.63) is 28.8 Å². The van der Waals surface area contributed by atoms with E-state index in [-0.39, 0.29) is 5.91 Å². The van der Waals surface area contributed by atoms with Crippen molar-refractivity contribution in [2.75, 3.05) is 33.4 Å². The lowest BCUT2D eigenvalue weighted by Gasteiger charge is -2.27. The third kappa shape index (κ3) is 2.70. The van der Waals surface area contributed by atoms with Gasteiger partial charge in [-0.05, 0) is 18.2 Å². The third-order valence-electron chi connectivity index (χ3n) is 2.70. The molecule has 0 aliphatic carbocycles. The maximum absolute atomic E-state index is 12.1. The summed E-state index contributed by atoms with van der Waals surface area (Å²) in [5.41, 5.74) is 0.581. The van der Waals surface area contributed by atoms with Crippen molar-refractivity contribution < 1.29 is 14.3 Å². The maximum atomic E-state index is 12.1. The largest absolute Gasteiger partial charge is 0.495 e. The van der Waals surface area contributed by atoms with E-state index < -0.39 is 0 Å². The summed E-state index contributed by atoms with van der Waals surface area (Å²) in [6.07, 6.45) is 0. The van der Waals surface area contributed by atoms with Gasteiger partial charge in [-0.15, -0.1) is 0 Å². The Morgan fingerprint density at radius 2 is 2.12 bits per heavy atom. The average molecular weight is 256 g/mol. The van der Waals surface area contributed by atoms with E-state index in [0.717, 1.165) is 0 Å². The van der Waals surface area contributed by atoms with Crippen LogP contribution in [-0.4, -0.2) is 44.2 Å². The van der Waals surface area contributed by atoms with Gasteiger partial charge in [0.1, 0.15) is 5.75 Å². The summed E-state index contributed by atoms with van der Waals surface area (Å²) in [6, 6.07) is 5.07. The maximum Gasteiger partial charge on any atom is 0.254 e. The van der Waals surface area contributed by atoms with Crippen LogP contribution in [-0.2, 0) is 4.74 Å². The van der Waals surface area contributed by atoms with Crippen LogP contribution >= 0.6 is 11.6 Å². The summed E-state index contributed by atoms with van der Waals surface area (Å²) >= 11 is 5.99. The van der Waals surface area contributed by atoms with Crippen molar-refractivity contribution in [3.63, 3.8) is 0 Å². The van der Waals surface area contributed by atoms with Crippen LogP contribution in [0, 0.1) is 0 Å². The lowest BCUT2D eigenvalue weighted by Crippen LogP contribution is -2.40. The zero-order valence-corrected chi connectivity index (χ0v) is 10.4. The highest BCUT2D eigenvalue weighted by atomic mass is 35.5. The fraction of sp³-hybridized carbons (Fsp3) is 0.417. The predicted molar refractivity (Wildman–Crippen MR) is 64.7 cm³/mol. The highest BCUT2D eigenvalue weighted by Crippen LogP contribution is 2.25. The molecule has 0 saturated carbocycles. The minimum atomic E-state index is -0.0159. The number of carbonyl (C=O) groups excluding carboxylic acids is 1. The standard InChI is InChI=1S/C12H14ClNO3/c1-16-11-3-2-9(8-10(11)13)12(15)14-4-6-17-7-5-14/h2-3,8H,4-7H2,1H3. The monoisotopic (exact) mass is 255 g/mol. The second-order valence-electron chi connectivity index (χ2n) is 3.75. The van der Waals surface area contributed by atoms with E-state index in [0.29, 0.717) is 42.6 Å². The molecule has 0 bridgehead atoms. The first-order chi connectivity index (χ1) is 8.22. The lowest BCUT2D eigenvalue weighted by atomic mass is 10.2. The highest BCUT2D eigenvalue weighted by Gasteiger charge is 2.19. The van der Waals surface area contributed by atoms with E-state index in [1.165, 1.54) is 0 Å². The zero-order valence-electron chi connectivity index (χ0n) is 9.61. The van der Waals surface area contributed by atoms with Gasteiger partial charge < -0.3 is 14.4 Å². The first kappa shape index (κ1) is 12.2. The number of carbonyl (C=O) groups is 1. The Bertz CT molecular complexity index is 416. The number of rotatable bonds is 2. The van der Waals surface area contributed by atoms with E-state index in [2.05, 4.69) is 0 Å². The fourth-order valence-electron chi connectivity index (χ4n) is 1.75. The van der Waals surface area contributed by atoms with Crippen LogP contribution in [0.2, 0.25) is 5.02 Å². The molecule has 1 aromatic rings. The molecule has 0 atom stereocenters. The number of ether oxygens (including phenoxy) is 2. The molecule has 0 radical (unpaired) electrons. The summed E-state index contributed by atoms with van der Waals surface area (Å²) < 4.78 is 10.3. The van der Waals surface area contributed by atoms with Crippen LogP contribution in [0.3, 0.4) is 0 Å². The molecular formula is C12H14ClNO3. The van der Waals surface area contributed by atoms with Crippen molar-refractivity contribution >= 4 is 17.5 Å². The summed E-state index contributed by atoms with van der Waals surface area (Å²) in [5.74, 6) is 0.558. The Morgan fingerprint density at radius 3 is 2.71 bits per heavy atom. The Hall–Kier alpha value is -1.26. The van der Waals surface area contributed by atoms with E-state index in [1.807, 2.05) is 0 Å². The molecule has 1 amide bonds. The molecule has 0 aromatic heterocycles. The molecule has 1 saturated heterocycles. The van der Waals surface area contributed by atoms with Gasteiger partial charge in [0.05, 0.1) is 25.3 Å². The van der Waals surface area contributed by atoms with Gasteiger partial charge in [-0.25, -0.2) is 0 Å². The van der Waals surface area contributed by atoms with E-state index in [1.54, 1.807) is 30.2 Å². The summed E-state index contributed by atoms with van der Waals surface area (Å²) in [5, 5.41) is 0.451. The van der Waals surface area contributed by atoms with Gasteiger partial charge in [0.15, 0.2) is 0 Å². The molecule has 17 heavy (non-hydrogen) atoms.